The topological polar surface area (TPSA) is 54.0 Å². The molecule has 4 nitrogen and oxygen atoms in total. The summed E-state index contributed by atoms with van der Waals surface area (Å²) in [5.41, 5.74) is 5.43. The smallest absolute Gasteiger partial charge is 0.315 e. The van der Waals surface area contributed by atoms with Crippen LogP contribution in [0, 0.1) is 5.92 Å². The Bertz CT molecular complexity index is 612. The van der Waals surface area contributed by atoms with E-state index < -0.39 is 0 Å². The van der Waals surface area contributed by atoms with Crippen molar-refractivity contribution in [1.29, 1.82) is 0 Å². The molecule has 5 heteroatoms. The lowest BCUT2D eigenvalue weighted by Gasteiger charge is -2.19. The number of hydrogen-bond acceptors (Lipinski definition) is 3. The Morgan fingerprint density at radius 2 is 2.29 bits per heavy atom. The fourth-order valence-electron chi connectivity index (χ4n) is 2.87. The van der Waals surface area contributed by atoms with Crippen LogP contribution in [0.2, 0.25) is 0 Å². The minimum absolute atomic E-state index is 0.0983. The van der Waals surface area contributed by atoms with Crippen LogP contribution in [0.5, 0.6) is 0 Å². The molecule has 1 heterocycles. The minimum atomic E-state index is -0.0983. The maximum Gasteiger partial charge on any atom is 0.315 e. The predicted octanol–water partition coefficient (Wildman–Crippen LogP) is 2.92. The molecular weight excluding hydrogens is 282 g/mol. The number of nitrogens with one attached hydrogen (secondary N) is 2. The maximum absolute atomic E-state index is 12.0. The van der Waals surface area contributed by atoms with Crippen LogP contribution < -0.4 is 10.6 Å². The van der Waals surface area contributed by atoms with Crippen LogP contribution in [0.4, 0.5) is 4.79 Å². The van der Waals surface area contributed by atoms with Gasteiger partial charge in [0.05, 0.1) is 17.2 Å². The number of carbonyl (C=O) groups excluding carboxylic acids is 1. The molecule has 0 fully saturated rings. The SMILES string of the molecule is C[C@H]1Cc2ccccc2[C@@H]1NC(=O)NCCc1cscn1. The number of urea groups is 1. The third-order valence-corrected chi connectivity index (χ3v) is 4.57. The van der Waals surface area contributed by atoms with Crippen LogP contribution in [-0.4, -0.2) is 17.6 Å². The minimum Gasteiger partial charge on any atom is -0.338 e. The third kappa shape index (κ3) is 3.24. The van der Waals surface area contributed by atoms with Gasteiger partial charge in [-0.15, -0.1) is 11.3 Å². The summed E-state index contributed by atoms with van der Waals surface area (Å²) >= 11 is 1.58. The lowest BCUT2D eigenvalue weighted by atomic mass is 10.0. The molecular formula is C16H19N3OS. The van der Waals surface area contributed by atoms with Crippen molar-refractivity contribution in [2.24, 2.45) is 5.92 Å². The van der Waals surface area contributed by atoms with Gasteiger partial charge in [-0.2, -0.15) is 0 Å². The van der Waals surface area contributed by atoms with Gasteiger partial charge in [0.2, 0.25) is 0 Å². The number of aromatic nitrogens is 1. The number of hydrogen-bond donors (Lipinski definition) is 2. The highest BCUT2D eigenvalue weighted by Crippen LogP contribution is 2.35. The number of carbonyl (C=O) groups is 1. The zero-order valence-corrected chi connectivity index (χ0v) is 12.8. The molecule has 1 aromatic carbocycles. The fourth-order valence-corrected chi connectivity index (χ4v) is 3.47. The summed E-state index contributed by atoms with van der Waals surface area (Å²) in [4.78, 5) is 16.2. The van der Waals surface area contributed by atoms with Gasteiger partial charge in [-0.05, 0) is 23.5 Å². The number of amides is 2. The van der Waals surface area contributed by atoms with E-state index in [4.69, 9.17) is 0 Å². The van der Waals surface area contributed by atoms with Crippen LogP contribution in [0.3, 0.4) is 0 Å². The summed E-state index contributed by atoms with van der Waals surface area (Å²) in [6.07, 6.45) is 1.80. The largest absolute Gasteiger partial charge is 0.338 e. The first-order valence-electron chi connectivity index (χ1n) is 7.23. The molecule has 0 bridgehead atoms. The molecule has 110 valence electrons. The van der Waals surface area contributed by atoms with Crippen molar-refractivity contribution >= 4 is 17.4 Å². The van der Waals surface area contributed by atoms with E-state index in [1.54, 1.807) is 11.3 Å². The second kappa shape index (κ2) is 6.26. The van der Waals surface area contributed by atoms with Crippen molar-refractivity contribution in [2.45, 2.75) is 25.8 Å². The number of nitrogens with zero attached hydrogens (tertiary/aromatic N) is 1. The quantitative estimate of drug-likeness (QED) is 0.912. The average Bonchev–Trinajstić information content (AvgIpc) is 3.08. The molecule has 2 atom stereocenters. The van der Waals surface area contributed by atoms with Crippen molar-refractivity contribution in [1.82, 2.24) is 15.6 Å². The van der Waals surface area contributed by atoms with Gasteiger partial charge in [0, 0.05) is 18.3 Å². The summed E-state index contributed by atoms with van der Waals surface area (Å²) in [6, 6.07) is 8.36. The zero-order valence-electron chi connectivity index (χ0n) is 12.0. The Balaban J connectivity index is 1.53. The predicted molar refractivity (Wildman–Crippen MR) is 84.4 cm³/mol. The molecule has 0 saturated carbocycles. The molecule has 0 unspecified atom stereocenters. The van der Waals surface area contributed by atoms with Crippen molar-refractivity contribution in [3.63, 3.8) is 0 Å². The van der Waals surface area contributed by atoms with Crippen molar-refractivity contribution < 1.29 is 4.79 Å². The van der Waals surface area contributed by atoms with Gasteiger partial charge >= 0.3 is 6.03 Å². The van der Waals surface area contributed by atoms with Crippen LogP contribution >= 0.6 is 11.3 Å². The van der Waals surface area contributed by atoms with Crippen molar-refractivity contribution in [2.75, 3.05) is 6.54 Å². The normalized spacial score (nSPS) is 20.0. The highest BCUT2D eigenvalue weighted by atomic mass is 32.1. The summed E-state index contributed by atoms with van der Waals surface area (Å²) in [5.74, 6) is 0.437. The van der Waals surface area contributed by atoms with Crippen LogP contribution in [0.15, 0.2) is 35.2 Å². The number of rotatable bonds is 4. The van der Waals surface area contributed by atoms with E-state index in [2.05, 4.69) is 40.7 Å². The first-order valence-corrected chi connectivity index (χ1v) is 8.17. The van der Waals surface area contributed by atoms with Gasteiger partial charge in [-0.3, -0.25) is 0 Å². The second-order valence-electron chi connectivity index (χ2n) is 5.49. The Morgan fingerprint density at radius 3 is 3.10 bits per heavy atom. The second-order valence-corrected chi connectivity index (χ2v) is 6.21. The molecule has 0 aliphatic heterocycles. The molecule has 1 aliphatic carbocycles. The average molecular weight is 301 g/mol. The van der Waals surface area contributed by atoms with Gasteiger partial charge in [0.25, 0.3) is 0 Å². The lowest BCUT2D eigenvalue weighted by molar-refractivity contribution is 0.233. The van der Waals surface area contributed by atoms with Gasteiger partial charge in [-0.25, -0.2) is 9.78 Å². The highest BCUT2D eigenvalue weighted by molar-refractivity contribution is 7.07. The summed E-state index contributed by atoms with van der Waals surface area (Å²) in [6.45, 7) is 2.79. The lowest BCUT2D eigenvalue weighted by Crippen LogP contribution is -2.39. The van der Waals surface area contributed by atoms with Crippen molar-refractivity contribution in [3.05, 3.63) is 52.0 Å². The van der Waals surface area contributed by atoms with E-state index >= 15 is 0 Å². The summed E-state index contributed by atoms with van der Waals surface area (Å²) < 4.78 is 0. The van der Waals surface area contributed by atoms with E-state index in [-0.39, 0.29) is 12.1 Å². The van der Waals surface area contributed by atoms with E-state index in [0.717, 1.165) is 18.5 Å². The van der Waals surface area contributed by atoms with Gasteiger partial charge in [0.1, 0.15) is 0 Å². The highest BCUT2D eigenvalue weighted by Gasteiger charge is 2.29. The maximum atomic E-state index is 12.0. The Kier molecular flexibility index (Phi) is 4.20. The first kappa shape index (κ1) is 14.1. The molecule has 2 amide bonds. The van der Waals surface area contributed by atoms with Crippen LogP contribution in [0.25, 0.3) is 0 Å². The van der Waals surface area contributed by atoms with E-state index in [9.17, 15) is 4.79 Å². The molecule has 1 aliphatic rings. The molecule has 0 saturated heterocycles. The molecule has 2 aromatic rings. The Morgan fingerprint density at radius 1 is 1.43 bits per heavy atom. The molecule has 1 aromatic heterocycles. The van der Waals surface area contributed by atoms with Gasteiger partial charge in [0.15, 0.2) is 0 Å². The Hall–Kier alpha value is -1.88. The number of benzene rings is 1. The van der Waals surface area contributed by atoms with E-state index in [1.807, 2.05) is 17.0 Å². The molecule has 0 radical (unpaired) electrons. The van der Waals surface area contributed by atoms with Crippen molar-refractivity contribution in [3.8, 4) is 0 Å². The van der Waals surface area contributed by atoms with E-state index in [1.165, 1.54) is 11.1 Å². The molecule has 2 N–H and O–H groups in total. The molecule has 3 rings (SSSR count). The standard InChI is InChI=1S/C16H19N3OS/c1-11-8-12-4-2-3-5-14(12)15(11)19-16(20)17-7-6-13-9-21-10-18-13/h2-5,9-11,15H,6-8H2,1H3,(H2,17,19,20)/t11-,15+/m0/s1. The summed E-state index contributed by atoms with van der Waals surface area (Å²) in [7, 11) is 0. The number of fused-ring (bicyclic) bond motifs is 1. The van der Waals surface area contributed by atoms with Gasteiger partial charge in [-0.1, -0.05) is 31.2 Å². The van der Waals surface area contributed by atoms with Crippen LogP contribution in [0.1, 0.15) is 29.8 Å². The summed E-state index contributed by atoms with van der Waals surface area (Å²) in [5, 5.41) is 8.02. The monoisotopic (exact) mass is 301 g/mol. The van der Waals surface area contributed by atoms with Crippen LogP contribution in [-0.2, 0) is 12.8 Å². The van der Waals surface area contributed by atoms with Gasteiger partial charge < -0.3 is 10.6 Å². The Labute approximate surface area is 128 Å². The third-order valence-electron chi connectivity index (χ3n) is 3.94. The molecule has 21 heavy (non-hydrogen) atoms. The van der Waals surface area contributed by atoms with E-state index in [0.29, 0.717) is 12.5 Å². The fraction of sp³-hybridized carbons (Fsp3) is 0.375. The first-order chi connectivity index (χ1) is 10.2. The zero-order chi connectivity index (χ0) is 14.7. The number of thiazole rings is 1. The molecule has 0 spiro atoms.